The number of nitro groups is 1. The second kappa shape index (κ2) is 10.9. The minimum absolute atomic E-state index is 0.0194. The quantitative estimate of drug-likeness (QED) is 0.146. The van der Waals surface area contributed by atoms with Crippen LogP contribution < -0.4 is 5.32 Å². The van der Waals surface area contributed by atoms with E-state index in [-0.39, 0.29) is 23.1 Å². The molecule has 0 heterocycles. The molecule has 1 rings (SSSR count). The number of hydrogen-bond donors (Lipinski definition) is 1. The molecule has 0 saturated heterocycles. The first kappa shape index (κ1) is 26.8. The maximum absolute atomic E-state index is 11.8. The largest absolute Gasteiger partial charge is 0.466 e. The van der Waals surface area contributed by atoms with E-state index in [1.54, 1.807) is 13.0 Å². The number of non-ortho nitro benzene ring substituents is 1. The van der Waals surface area contributed by atoms with Gasteiger partial charge in [0.1, 0.15) is 0 Å². The third kappa shape index (κ3) is 8.83. The van der Waals surface area contributed by atoms with Gasteiger partial charge in [-0.2, -0.15) is 0 Å². The van der Waals surface area contributed by atoms with Gasteiger partial charge in [-0.1, -0.05) is 46.8 Å². The molecule has 0 unspecified atom stereocenters. The van der Waals surface area contributed by atoms with Crippen molar-refractivity contribution in [3.05, 3.63) is 40.0 Å². The highest BCUT2D eigenvalue weighted by Crippen LogP contribution is 2.36. The summed E-state index contributed by atoms with van der Waals surface area (Å²) in [5, 5.41) is 14.7. The molecule has 0 aliphatic heterocycles. The Morgan fingerprint density at radius 1 is 1.23 bits per heavy atom. The molecule has 0 spiro atoms. The van der Waals surface area contributed by atoms with E-state index in [0.717, 1.165) is 5.69 Å². The number of rotatable bonds is 11. The van der Waals surface area contributed by atoms with E-state index in [1.807, 2.05) is 26.0 Å². The van der Waals surface area contributed by atoms with Crippen LogP contribution in [0.5, 0.6) is 0 Å². The van der Waals surface area contributed by atoms with Gasteiger partial charge in [-0.15, -0.1) is 0 Å². The average molecular weight is 451 g/mol. The van der Waals surface area contributed by atoms with Crippen LogP contribution in [0.1, 0.15) is 53.5 Å². The van der Waals surface area contributed by atoms with Crippen molar-refractivity contribution >= 4 is 31.7 Å². The monoisotopic (exact) mass is 450 g/mol. The summed E-state index contributed by atoms with van der Waals surface area (Å²) in [5.74, 6) is -0.266. The Bertz CT molecular complexity index is 798. The van der Waals surface area contributed by atoms with Gasteiger partial charge in [-0.3, -0.25) is 14.9 Å². The molecule has 0 amide bonds. The minimum atomic E-state index is -1.83. The van der Waals surface area contributed by atoms with Crippen molar-refractivity contribution in [1.82, 2.24) is 0 Å². The molecule has 1 aromatic rings. The zero-order valence-corrected chi connectivity index (χ0v) is 21.2. The SMILES string of the molecule is CCOC(=O)CC(C)(C)C=Cc1cc([N+](=O)[O-])ccc1NCCO[Si](C)(C)C(C)(C)C. The van der Waals surface area contributed by atoms with E-state index in [1.165, 1.54) is 12.1 Å². The van der Waals surface area contributed by atoms with Gasteiger partial charge in [0.05, 0.1) is 24.6 Å². The van der Waals surface area contributed by atoms with Crippen molar-refractivity contribution in [2.45, 2.75) is 66.1 Å². The lowest BCUT2D eigenvalue weighted by Gasteiger charge is -2.36. The van der Waals surface area contributed by atoms with Crippen LogP contribution in [0.2, 0.25) is 18.1 Å². The van der Waals surface area contributed by atoms with Gasteiger partial charge >= 0.3 is 5.97 Å². The zero-order chi connectivity index (χ0) is 23.9. The van der Waals surface area contributed by atoms with Crippen LogP contribution in [0, 0.1) is 15.5 Å². The fourth-order valence-electron chi connectivity index (χ4n) is 2.63. The predicted octanol–water partition coefficient (Wildman–Crippen LogP) is 6.02. The highest BCUT2D eigenvalue weighted by Gasteiger charge is 2.36. The number of ether oxygens (including phenoxy) is 1. The molecular formula is C23H38N2O5Si. The molecule has 0 aromatic heterocycles. The van der Waals surface area contributed by atoms with Gasteiger partial charge in [0.15, 0.2) is 8.32 Å². The summed E-state index contributed by atoms with van der Waals surface area (Å²) in [6, 6.07) is 4.73. The Kier molecular flexibility index (Phi) is 9.44. The molecule has 1 aromatic carbocycles. The van der Waals surface area contributed by atoms with E-state index in [2.05, 4.69) is 39.2 Å². The lowest BCUT2D eigenvalue weighted by Crippen LogP contribution is -2.41. The van der Waals surface area contributed by atoms with Gasteiger partial charge < -0.3 is 14.5 Å². The van der Waals surface area contributed by atoms with Crippen LogP contribution in [0.3, 0.4) is 0 Å². The molecule has 0 bridgehead atoms. The Hall–Kier alpha value is -2.19. The Morgan fingerprint density at radius 2 is 1.87 bits per heavy atom. The fraction of sp³-hybridized carbons (Fsp3) is 0.609. The molecule has 31 heavy (non-hydrogen) atoms. The van der Waals surface area contributed by atoms with E-state index >= 15 is 0 Å². The minimum Gasteiger partial charge on any atom is -0.466 e. The Labute approximate surface area is 187 Å². The van der Waals surface area contributed by atoms with Crippen LogP contribution in [-0.4, -0.2) is 39.0 Å². The van der Waals surface area contributed by atoms with E-state index in [0.29, 0.717) is 25.3 Å². The van der Waals surface area contributed by atoms with Crippen molar-refractivity contribution in [3.8, 4) is 0 Å². The lowest BCUT2D eigenvalue weighted by atomic mass is 9.88. The summed E-state index contributed by atoms with van der Waals surface area (Å²) in [6.45, 7) is 18.1. The number of carbonyl (C=O) groups excluding carboxylic acids is 1. The number of hydrogen-bond acceptors (Lipinski definition) is 6. The van der Waals surface area contributed by atoms with Gasteiger partial charge in [0.25, 0.3) is 5.69 Å². The molecule has 1 N–H and O–H groups in total. The predicted molar refractivity (Wildman–Crippen MR) is 129 cm³/mol. The second-order valence-corrected chi connectivity index (χ2v) is 14.7. The molecule has 0 aliphatic carbocycles. The maximum Gasteiger partial charge on any atom is 0.306 e. The third-order valence-corrected chi connectivity index (χ3v) is 10.1. The topological polar surface area (TPSA) is 90.7 Å². The number of allylic oxidation sites excluding steroid dienone is 1. The molecule has 0 fully saturated rings. The van der Waals surface area contributed by atoms with Crippen LogP contribution in [0.15, 0.2) is 24.3 Å². The number of nitrogens with one attached hydrogen (secondary N) is 1. The first-order valence-electron chi connectivity index (χ1n) is 10.7. The summed E-state index contributed by atoms with van der Waals surface area (Å²) in [6.07, 6.45) is 3.94. The lowest BCUT2D eigenvalue weighted by molar-refractivity contribution is -0.384. The summed E-state index contributed by atoms with van der Waals surface area (Å²) in [7, 11) is -1.83. The number of nitrogens with zero attached hydrogens (tertiary/aromatic N) is 1. The van der Waals surface area contributed by atoms with E-state index < -0.39 is 18.7 Å². The zero-order valence-electron chi connectivity index (χ0n) is 20.2. The van der Waals surface area contributed by atoms with Crippen molar-refractivity contribution in [1.29, 1.82) is 0 Å². The standard InChI is InChI=1S/C23H38N2O5Si/c1-9-29-21(26)17-23(5,6)13-12-18-16-19(25(27)28)10-11-20(18)24-14-15-30-31(7,8)22(2,3)4/h10-13,16,24H,9,14-15,17H2,1-8H3. The van der Waals surface area contributed by atoms with Gasteiger partial charge in [-0.05, 0) is 36.5 Å². The normalized spacial score (nSPS) is 12.8. The molecule has 7 nitrogen and oxygen atoms in total. The van der Waals surface area contributed by atoms with Crippen molar-refractivity contribution in [2.24, 2.45) is 5.41 Å². The number of benzene rings is 1. The van der Waals surface area contributed by atoms with Crippen LogP contribution in [-0.2, 0) is 14.0 Å². The summed E-state index contributed by atoms with van der Waals surface area (Å²) in [4.78, 5) is 22.7. The van der Waals surface area contributed by atoms with Crippen molar-refractivity contribution in [3.63, 3.8) is 0 Å². The molecule has 0 saturated carbocycles. The molecule has 0 aliphatic rings. The van der Waals surface area contributed by atoms with Crippen LogP contribution >= 0.6 is 0 Å². The molecule has 0 atom stereocenters. The Balaban J connectivity index is 2.94. The van der Waals surface area contributed by atoms with Crippen LogP contribution in [0.4, 0.5) is 11.4 Å². The van der Waals surface area contributed by atoms with Gasteiger partial charge in [0, 0.05) is 29.9 Å². The summed E-state index contributed by atoms with van der Waals surface area (Å²) < 4.78 is 11.2. The summed E-state index contributed by atoms with van der Waals surface area (Å²) in [5.41, 5.74) is 1.05. The number of esters is 1. The number of anilines is 1. The summed E-state index contributed by atoms with van der Waals surface area (Å²) >= 11 is 0. The molecule has 0 radical (unpaired) electrons. The van der Waals surface area contributed by atoms with Crippen molar-refractivity contribution in [2.75, 3.05) is 25.1 Å². The molecule has 174 valence electrons. The van der Waals surface area contributed by atoms with Gasteiger partial charge in [0.2, 0.25) is 0 Å². The number of nitro benzene ring substituents is 1. The van der Waals surface area contributed by atoms with E-state index in [9.17, 15) is 14.9 Å². The fourth-order valence-corrected chi connectivity index (χ4v) is 3.67. The molecular weight excluding hydrogens is 412 g/mol. The highest BCUT2D eigenvalue weighted by atomic mass is 28.4. The highest BCUT2D eigenvalue weighted by molar-refractivity contribution is 6.74. The number of carbonyl (C=O) groups is 1. The van der Waals surface area contributed by atoms with Gasteiger partial charge in [-0.25, -0.2) is 0 Å². The average Bonchev–Trinajstić information content (AvgIpc) is 2.62. The maximum atomic E-state index is 11.8. The van der Waals surface area contributed by atoms with Crippen LogP contribution in [0.25, 0.3) is 6.08 Å². The third-order valence-electron chi connectivity index (χ3n) is 5.55. The Morgan fingerprint density at radius 3 is 2.42 bits per heavy atom. The van der Waals surface area contributed by atoms with E-state index in [4.69, 9.17) is 9.16 Å². The second-order valence-electron chi connectivity index (χ2n) is 9.87. The smallest absolute Gasteiger partial charge is 0.306 e. The first-order valence-corrected chi connectivity index (χ1v) is 13.6. The molecule has 8 heteroatoms. The van der Waals surface area contributed by atoms with Crippen molar-refractivity contribution < 1.29 is 18.9 Å². The first-order chi connectivity index (χ1) is 14.2.